The van der Waals surface area contributed by atoms with Crippen molar-refractivity contribution in [1.82, 2.24) is 18.5 Å². The second-order valence-electron chi connectivity index (χ2n) is 2.99. The fourth-order valence-corrected chi connectivity index (χ4v) is 1.72. The Balaban J connectivity index is 0. The molecule has 0 atom stereocenters. The van der Waals surface area contributed by atoms with Crippen LogP contribution in [0, 0.1) is 0 Å². The lowest BCUT2D eigenvalue weighted by Gasteiger charge is -2.09. The monoisotopic (exact) mass is 290 g/mol. The third-order valence-corrected chi connectivity index (χ3v) is 4.23. The Hall–Kier alpha value is -0.260. The van der Waals surface area contributed by atoms with Crippen molar-refractivity contribution in [2.24, 2.45) is 0 Å². The Morgan fingerprint density at radius 3 is 1.47 bits per heavy atom. The summed E-state index contributed by atoms with van der Waals surface area (Å²) in [5.41, 5.74) is 0. The fraction of sp³-hybridized carbons (Fsp3) is 1.00. The molecule has 0 saturated heterocycles. The van der Waals surface area contributed by atoms with E-state index in [0.29, 0.717) is 13.1 Å². The molecule has 0 aliphatic heterocycles. The van der Waals surface area contributed by atoms with Crippen molar-refractivity contribution >= 4 is 20.4 Å². The maximum Gasteiger partial charge on any atom is 0.278 e. The van der Waals surface area contributed by atoms with Gasteiger partial charge in [0.05, 0.1) is 0 Å². The van der Waals surface area contributed by atoms with Gasteiger partial charge in [-0.2, -0.15) is 21.1 Å². The first-order valence-corrected chi connectivity index (χ1v) is 7.90. The van der Waals surface area contributed by atoms with Crippen LogP contribution in [0.4, 0.5) is 0 Å². The first kappa shape index (κ1) is 19.1. The van der Waals surface area contributed by atoms with Crippen molar-refractivity contribution in [1.29, 1.82) is 0 Å². The molecule has 8 nitrogen and oxygen atoms in total. The predicted octanol–water partition coefficient (Wildman–Crippen LogP) is -1.54. The van der Waals surface area contributed by atoms with Gasteiger partial charge in [-0.15, -0.1) is 0 Å². The minimum Gasteiger partial charge on any atom is -0.205 e. The Labute approximate surface area is 104 Å². The van der Waals surface area contributed by atoms with E-state index in [-0.39, 0.29) is 0 Å². The Bertz CT molecular complexity index is 377. The van der Waals surface area contributed by atoms with E-state index in [1.165, 1.54) is 21.1 Å². The first-order valence-electron chi connectivity index (χ1n) is 4.98. The maximum absolute atomic E-state index is 10.7. The topological polar surface area (TPSA) is 108 Å². The van der Waals surface area contributed by atoms with E-state index in [0.717, 1.165) is 4.31 Å². The molecule has 106 valence electrons. The van der Waals surface area contributed by atoms with Crippen molar-refractivity contribution in [3.63, 3.8) is 0 Å². The molecule has 0 spiro atoms. The summed E-state index contributed by atoms with van der Waals surface area (Å²) in [7, 11) is -2.01. The van der Waals surface area contributed by atoms with Crippen molar-refractivity contribution in [3.8, 4) is 0 Å². The van der Waals surface area contributed by atoms with Crippen LogP contribution in [0.1, 0.15) is 13.8 Å². The number of hydrogen-bond donors (Lipinski definition) is 3. The molecule has 0 rings (SSSR count). The van der Waals surface area contributed by atoms with Crippen LogP contribution in [0.25, 0.3) is 0 Å². The Morgan fingerprint density at radius 1 is 0.941 bits per heavy atom. The molecule has 0 aromatic heterocycles. The van der Waals surface area contributed by atoms with Crippen LogP contribution in [0.15, 0.2) is 0 Å². The van der Waals surface area contributed by atoms with Crippen LogP contribution in [0.2, 0.25) is 0 Å². The van der Waals surface area contributed by atoms with Crippen molar-refractivity contribution in [3.05, 3.63) is 0 Å². The summed E-state index contributed by atoms with van der Waals surface area (Å²) in [4.78, 5) is 0. The van der Waals surface area contributed by atoms with Gasteiger partial charge in [0.2, 0.25) is 0 Å². The van der Waals surface area contributed by atoms with Gasteiger partial charge in [-0.1, -0.05) is 13.8 Å². The molecular formula is C7H22N4O4S2. The Kier molecular flexibility index (Phi) is 9.85. The minimum absolute atomic E-state index is 0.420. The molecule has 0 aromatic carbocycles. The summed E-state index contributed by atoms with van der Waals surface area (Å²) in [5, 5.41) is 0. The van der Waals surface area contributed by atoms with Gasteiger partial charge in [-0.05, 0) is 0 Å². The molecule has 17 heavy (non-hydrogen) atoms. The summed E-state index contributed by atoms with van der Waals surface area (Å²) in [6.45, 7) is 4.31. The first-order chi connectivity index (χ1) is 7.63. The van der Waals surface area contributed by atoms with E-state index in [1.54, 1.807) is 13.8 Å². The average Bonchev–Trinajstić information content (AvgIpc) is 2.18. The van der Waals surface area contributed by atoms with Crippen molar-refractivity contribution in [2.75, 3.05) is 34.2 Å². The highest BCUT2D eigenvalue weighted by Gasteiger charge is 2.09. The van der Waals surface area contributed by atoms with E-state index >= 15 is 0 Å². The van der Waals surface area contributed by atoms with Crippen molar-refractivity contribution < 1.29 is 16.8 Å². The van der Waals surface area contributed by atoms with Crippen LogP contribution in [-0.4, -0.2) is 55.4 Å². The van der Waals surface area contributed by atoms with E-state index in [1.807, 2.05) is 0 Å². The largest absolute Gasteiger partial charge is 0.278 e. The normalized spacial score (nSPS) is 12.1. The van der Waals surface area contributed by atoms with Crippen LogP contribution in [0.3, 0.4) is 0 Å². The van der Waals surface area contributed by atoms with Crippen LogP contribution in [0.5, 0.6) is 0 Å². The number of rotatable bonds is 6. The van der Waals surface area contributed by atoms with Crippen LogP contribution in [-0.2, 0) is 20.4 Å². The summed E-state index contributed by atoms with van der Waals surface area (Å²) in [6, 6.07) is 0. The van der Waals surface area contributed by atoms with Crippen molar-refractivity contribution in [2.45, 2.75) is 13.8 Å². The molecule has 0 bridgehead atoms. The van der Waals surface area contributed by atoms with Gasteiger partial charge < -0.3 is 0 Å². The highest BCUT2D eigenvalue weighted by molar-refractivity contribution is 7.87. The van der Waals surface area contributed by atoms with Gasteiger partial charge in [-0.3, -0.25) is 0 Å². The molecule has 0 fully saturated rings. The molecule has 0 unspecified atom stereocenters. The van der Waals surface area contributed by atoms with Gasteiger partial charge in [0.1, 0.15) is 0 Å². The zero-order valence-corrected chi connectivity index (χ0v) is 12.4. The van der Waals surface area contributed by atoms with E-state index in [2.05, 4.69) is 14.2 Å². The molecule has 0 amide bonds. The molecule has 0 aliphatic rings. The van der Waals surface area contributed by atoms with Crippen LogP contribution >= 0.6 is 0 Å². The zero-order valence-electron chi connectivity index (χ0n) is 10.8. The SMILES string of the molecule is CCNS(=O)(=O)N(C)C.CCNS(=O)(=O)NC. The minimum atomic E-state index is -3.17. The average molecular weight is 290 g/mol. The van der Waals surface area contributed by atoms with E-state index < -0.39 is 20.4 Å². The van der Waals surface area contributed by atoms with Gasteiger partial charge in [0, 0.05) is 34.2 Å². The third-order valence-electron chi connectivity index (χ3n) is 1.41. The fourth-order valence-electron chi connectivity index (χ4n) is 0.574. The molecular weight excluding hydrogens is 268 g/mol. The standard InChI is InChI=1S/C4H12N2O2S.C3H10N2O2S/c1-4-5-9(7,8)6(2)3;1-3-5-8(6,7)4-2/h5H,4H2,1-3H3;4-5H,3H2,1-2H3. The van der Waals surface area contributed by atoms with E-state index in [4.69, 9.17) is 0 Å². The summed E-state index contributed by atoms with van der Waals surface area (Å²) >= 11 is 0. The summed E-state index contributed by atoms with van der Waals surface area (Å²) < 4.78 is 50.0. The van der Waals surface area contributed by atoms with E-state index in [9.17, 15) is 16.8 Å². The predicted molar refractivity (Wildman–Crippen MR) is 67.9 cm³/mol. The summed E-state index contributed by atoms with van der Waals surface area (Å²) in [6.07, 6.45) is 0. The van der Waals surface area contributed by atoms with Gasteiger partial charge in [0.25, 0.3) is 20.4 Å². The highest BCUT2D eigenvalue weighted by Crippen LogP contribution is 1.85. The van der Waals surface area contributed by atoms with Gasteiger partial charge in [-0.25, -0.2) is 14.2 Å². The lowest BCUT2D eigenvalue weighted by Crippen LogP contribution is -2.35. The lowest BCUT2D eigenvalue weighted by atomic mass is 10.8. The molecule has 0 aromatic rings. The molecule has 3 N–H and O–H groups in total. The number of hydrogen-bond acceptors (Lipinski definition) is 4. The molecule has 0 aliphatic carbocycles. The molecule has 0 saturated carbocycles. The molecule has 0 heterocycles. The van der Waals surface area contributed by atoms with Gasteiger partial charge in [0.15, 0.2) is 0 Å². The second-order valence-corrected chi connectivity index (χ2v) is 6.66. The third kappa shape index (κ3) is 10.6. The summed E-state index contributed by atoms with van der Waals surface area (Å²) in [5.74, 6) is 0. The second kappa shape index (κ2) is 8.78. The number of nitrogens with one attached hydrogen (secondary N) is 3. The quantitative estimate of drug-likeness (QED) is 0.551. The maximum atomic E-state index is 10.7. The number of nitrogens with zero attached hydrogens (tertiary/aromatic N) is 1. The van der Waals surface area contributed by atoms with Crippen LogP contribution < -0.4 is 14.2 Å². The Morgan fingerprint density at radius 2 is 1.35 bits per heavy atom. The molecule has 0 radical (unpaired) electrons. The zero-order chi connectivity index (χ0) is 14.1. The smallest absolute Gasteiger partial charge is 0.205 e. The highest BCUT2D eigenvalue weighted by atomic mass is 32.2. The lowest BCUT2D eigenvalue weighted by molar-refractivity contribution is 0.507. The van der Waals surface area contributed by atoms with Gasteiger partial charge >= 0.3 is 0 Å². The molecule has 10 heteroatoms.